The Balaban J connectivity index is 1.79. The van der Waals surface area contributed by atoms with Crippen LogP contribution in [0.15, 0.2) is 71.6 Å². The molecular formula is C26H31N3O5S. The maximum atomic E-state index is 13.1. The number of anilines is 1. The Kier molecular flexibility index (Phi) is 8.48. The fourth-order valence-electron chi connectivity index (χ4n) is 3.64. The summed E-state index contributed by atoms with van der Waals surface area (Å²) in [6.45, 7) is 7.21. The molecule has 0 aromatic heterocycles. The summed E-state index contributed by atoms with van der Waals surface area (Å²) in [7, 11) is -3.74. The molecule has 3 aromatic carbocycles. The first-order chi connectivity index (χ1) is 16.6. The van der Waals surface area contributed by atoms with Crippen LogP contribution in [0.5, 0.6) is 0 Å². The lowest BCUT2D eigenvalue weighted by molar-refractivity contribution is -0.119. The quantitative estimate of drug-likeness (QED) is 0.405. The van der Waals surface area contributed by atoms with E-state index < -0.39 is 28.1 Å². The van der Waals surface area contributed by atoms with Crippen LogP contribution < -0.4 is 15.4 Å². The number of carbonyl (C=O) groups is 2. The fourth-order valence-corrected chi connectivity index (χ4v) is 5.11. The second-order valence-electron chi connectivity index (χ2n) is 8.85. The van der Waals surface area contributed by atoms with E-state index in [4.69, 9.17) is 4.74 Å². The van der Waals surface area contributed by atoms with E-state index in [0.29, 0.717) is 16.5 Å². The molecule has 0 spiro atoms. The molecule has 1 atom stereocenters. The van der Waals surface area contributed by atoms with E-state index in [9.17, 15) is 18.0 Å². The summed E-state index contributed by atoms with van der Waals surface area (Å²) in [6, 6.07) is 18.1. The highest BCUT2D eigenvalue weighted by Gasteiger charge is 2.26. The molecular weight excluding hydrogens is 466 g/mol. The van der Waals surface area contributed by atoms with Crippen molar-refractivity contribution in [3.8, 4) is 0 Å². The van der Waals surface area contributed by atoms with Crippen LogP contribution >= 0.6 is 0 Å². The van der Waals surface area contributed by atoms with Gasteiger partial charge in [-0.25, -0.2) is 17.9 Å². The predicted octanol–water partition coefficient (Wildman–Crippen LogP) is 4.42. The minimum atomic E-state index is -3.74. The number of sulfonamides is 1. The molecule has 0 fully saturated rings. The number of hydrogen-bond donors (Lipinski definition) is 3. The lowest BCUT2D eigenvalue weighted by Crippen LogP contribution is -2.47. The second-order valence-corrected chi connectivity index (χ2v) is 10.5. The highest BCUT2D eigenvalue weighted by atomic mass is 32.2. The molecule has 0 aliphatic rings. The SMILES string of the molecule is CC(C)NS(=O)(=O)c1cccc2c(NC(=O)C(NC(=O)OCc3ccccc3)C(C)C)cccc12. The zero-order chi connectivity index (χ0) is 25.6. The lowest BCUT2D eigenvalue weighted by Gasteiger charge is -2.22. The van der Waals surface area contributed by atoms with Crippen LogP contribution in [0.3, 0.4) is 0 Å². The molecule has 1 unspecified atom stereocenters. The Hall–Kier alpha value is -3.43. The molecule has 2 amide bonds. The van der Waals surface area contributed by atoms with Crippen molar-refractivity contribution in [3.05, 3.63) is 72.3 Å². The fraction of sp³-hybridized carbons (Fsp3) is 0.308. The smallest absolute Gasteiger partial charge is 0.408 e. The molecule has 3 aromatic rings. The van der Waals surface area contributed by atoms with Crippen molar-refractivity contribution < 1.29 is 22.7 Å². The third kappa shape index (κ3) is 6.80. The van der Waals surface area contributed by atoms with Crippen molar-refractivity contribution in [2.75, 3.05) is 5.32 Å². The summed E-state index contributed by atoms with van der Waals surface area (Å²) in [6.07, 6.45) is -0.700. The Bertz CT molecular complexity index is 1290. The summed E-state index contributed by atoms with van der Waals surface area (Å²) < 4.78 is 33.5. The van der Waals surface area contributed by atoms with Gasteiger partial charge in [-0.1, -0.05) is 68.4 Å². The Morgan fingerprint density at radius 2 is 1.51 bits per heavy atom. The zero-order valence-electron chi connectivity index (χ0n) is 20.2. The number of nitrogens with one attached hydrogen (secondary N) is 3. The third-order valence-corrected chi connectivity index (χ3v) is 6.97. The maximum absolute atomic E-state index is 13.1. The first kappa shape index (κ1) is 26.2. The average molecular weight is 498 g/mol. The highest BCUT2D eigenvalue weighted by Crippen LogP contribution is 2.29. The zero-order valence-corrected chi connectivity index (χ0v) is 21.1. The minimum absolute atomic E-state index is 0.0874. The van der Waals surface area contributed by atoms with Gasteiger partial charge >= 0.3 is 6.09 Å². The van der Waals surface area contributed by atoms with E-state index in [2.05, 4.69) is 15.4 Å². The van der Waals surface area contributed by atoms with E-state index in [0.717, 1.165) is 5.56 Å². The molecule has 8 nitrogen and oxygen atoms in total. The molecule has 0 saturated heterocycles. The van der Waals surface area contributed by atoms with Crippen LogP contribution in [-0.2, 0) is 26.2 Å². The normalized spacial score (nSPS) is 12.5. The van der Waals surface area contributed by atoms with Crippen LogP contribution in [-0.4, -0.2) is 32.5 Å². The van der Waals surface area contributed by atoms with Crippen molar-refractivity contribution in [2.45, 2.75) is 51.3 Å². The first-order valence-electron chi connectivity index (χ1n) is 11.4. The average Bonchev–Trinajstić information content (AvgIpc) is 2.80. The number of carbonyl (C=O) groups excluding carboxylic acids is 2. The van der Waals surface area contributed by atoms with Crippen molar-refractivity contribution in [1.82, 2.24) is 10.0 Å². The van der Waals surface area contributed by atoms with Crippen LogP contribution in [0, 0.1) is 5.92 Å². The second kappa shape index (κ2) is 11.3. The van der Waals surface area contributed by atoms with E-state index in [1.54, 1.807) is 44.2 Å². The van der Waals surface area contributed by atoms with Gasteiger partial charge in [0.05, 0.1) is 4.90 Å². The van der Waals surface area contributed by atoms with E-state index in [1.807, 2.05) is 44.2 Å². The molecule has 186 valence electrons. The molecule has 0 heterocycles. The Morgan fingerprint density at radius 3 is 2.17 bits per heavy atom. The number of ether oxygens (including phenoxy) is 1. The number of amides is 2. The summed E-state index contributed by atoms with van der Waals surface area (Å²) in [5, 5.41) is 6.53. The maximum Gasteiger partial charge on any atom is 0.408 e. The Morgan fingerprint density at radius 1 is 0.857 bits per heavy atom. The van der Waals surface area contributed by atoms with Gasteiger partial charge in [-0.15, -0.1) is 0 Å². The Labute approximate surface area is 206 Å². The van der Waals surface area contributed by atoms with E-state index >= 15 is 0 Å². The van der Waals surface area contributed by atoms with Crippen molar-refractivity contribution in [1.29, 1.82) is 0 Å². The van der Waals surface area contributed by atoms with E-state index in [1.165, 1.54) is 6.07 Å². The van der Waals surface area contributed by atoms with Gasteiger partial charge in [-0.05, 0) is 37.5 Å². The van der Waals surface area contributed by atoms with Crippen molar-refractivity contribution >= 4 is 38.5 Å². The number of benzene rings is 3. The summed E-state index contributed by atoms with van der Waals surface area (Å²) in [4.78, 5) is 25.6. The highest BCUT2D eigenvalue weighted by molar-refractivity contribution is 7.89. The summed E-state index contributed by atoms with van der Waals surface area (Å²) in [5.74, 6) is -0.654. The topological polar surface area (TPSA) is 114 Å². The number of hydrogen-bond acceptors (Lipinski definition) is 5. The van der Waals surface area contributed by atoms with Gasteiger partial charge in [0.25, 0.3) is 0 Å². The molecule has 9 heteroatoms. The van der Waals surface area contributed by atoms with Crippen LogP contribution in [0.2, 0.25) is 0 Å². The van der Waals surface area contributed by atoms with Crippen LogP contribution in [0.1, 0.15) is 33.3 Å². The van der Waals surface area contributed by atoms with Crippen molar-refractivity contribution in [2.24, 2.45) is 5.92 Å². The summed E-state index contributed by atoms with van der Waals surface area (Å²) in [5.41, 5.74) is 1.28. The van der Waals surface area contributed by atoms with Gasteiger partial charge in [0.2, 0.25) is 15.9 Å². The molecule has 0 aliphatic heterocycles. The van der Waals surface area contributed by atoms with Gasteiger partial charge in [0, 0.05) is 22.5 Å². The van der Waals surface area contributed by atoms with Gasteiger partial charge < -0.3 is 15.4 Å². The van der Waals surface area contributed by atoms with Crippen molar-refractivity contribution in [3.63, 3.8) is 0 Å². The standard InChI is InChI=1S/C26H31N3O5S/c1-17(2)24(28-26(31)34-16-19-10-6-5-7-11-19)25(30)27-22-14-8-13-21-20(22)12-9-15-23(21)35(32,33)29-18(3)4/h5-15,17-18,24,29H,16H2,1-4H3,(H,27,30)(H,28,31). The molecule has 3 N–H and O–H groups in total. The predicted molar refractivity (Wildman–Crippen MR) is 136 cm³/mol. The van der Waals surface area contributed by atoms with Crippen LogP contribution in [0.4, 0.5) is 10.5 Å². The van der Waals surface area contributed by atoms with Gasteiger partial charge in [0.1, 0.15) is 12.6 Å². The minimum Gasteiger partial charge on any atom is -0.445 e. The molecule has 3 rings (SSSR count). The molecule has 35 heavy (non-hydrogen) atoms. The van der Waals surface area contributed by atoms with Crippen LogP contribution in [0.25, 0.3) is 10.8 Å². The monoisotopic (exact) mass is 497 g/mol. The van der Waals surface area contributed by atoms with Gasteiger partial charge in [-0.2, -0.15) is 0 Å². The third-order valence-electron chi connectivity index (χ3n) is 5.26. The molecule has 0 bridgehead atoms. The number of fused-ring (bicyclic) bond motifs is 1. The lowest BCUT2D eigenvalue weighted by atomic mass is 10.0. The summed E-state index contributed by atoms with van der Waals surface area (Å²) >= 11 is 0. The molecule has 0 aliphatic carbocycles. The molecule has 0 saturated carbocycles. The van der Waals surface area contributed by atoms with Gasteiger partial charge in [-0.3, -0.25) is 4.79 Å². The largest absolute Gasteiger partial charge is 0.445 e. The van der Waals surface area contributed by atoms with E-state index in [-0.39, 0.29) is 23.5 Å². The number of alkyl carbamates (subject to hydrolysis) is 1. The van der Waals surface area contributed by atoms with Gasteiger partial charge in [0.15, 0.2) is 0 Å². The molecule has 0 radical (unpaired) electrons. The first-order valence-corrected chi connectivity index (χ1v) is 12.9. The number of rotatable bonds is 9.